The molecule has 0 radical (unpaired) electrons. The van der Waals surface area contributed by atoms with Crippen molar-refractivity contribution in [3.63, 3.8) is 0 Å². The van der Waals surface area contributed by atoms with E-state index in [1.54, 1.807) is 54.6 Å². The van der Waals surface area contributed by atoms with E-state index in [-0.39, 0.29) is 16.4 Å². The van der Waals surface area contributed by atoms with Crippen LogP contribution >= 0.6 is 11.6 Å². The molecule has 2 aromatic rings. The topological polar surface area (TPSA) is 71.4 Å². The lowest BCUT2D eigenvalue weighted by molar-refractivity contribution is 0.0692. The molecule has 1 saturated heterocycles. The molecule has 1 N–H and O–H groups in total. The van der Waals surface area contributed by atoms with E-state index in [2.05, 4.69) is 11.6 Å². The van der Waals surface area contributed by atoms with Crippen LogP contribution in [0.15, 0.2) is 29.2 Å². The van der Waals surface area contributed by atoms with Gasteiger partial charge in [-0.3, -0.25) is 9.52 Å². The van der Waals surface area contributed by atoms with E-state index in [1.807, 2.05) is 0 Å². The van der Waals surface area contributed by atoms with Gasteiger partial charge in [0.15, 0.2) is 0 Å². The van der Waals surface area contributed by atoms with Gasteiger partial charge in [-0.25, -0.2) is 8.42 Å². The number of sulfonamides is 1. The summed E-state index contributed by atoms with van der Waals surface area (Å²) in [5.74, 6) is 0.363. The third kappa shape index (κ3) is 3.91. The van der Waals surface area contributed by atoms with Gasteiger partial charge in [0, 0.05) is 42.2 Å². The Morgan fingerprint density at radius 2 is 1.68 bits per heavy atom. The summed E-state index contributed by atoms with van der Waals surface area (Å²) >= 11 is 5.88. The van der Waals surface area contributed by atoms with Gasteiger partial charge >= 0.3 is 0 Å². The van der Waals surface area contributed by atoms with Gasteiger partial charge < -0.3 is 9.47 Å². The Morgan fingerprint density at radius 1 is 1.11 bits per heavy atom. The van der Waals surface area contributed by atoms with Crippen LogP contribution in [0.4, 0.5) is 5.69 Å². The smallest absolute Gasteiger partial charge is 0.264 e. The summed E-state index contributed by atoms with van der Waals surface area (Å²) in [6.07, 6.45) is 1.86. The summed E-state index contributed by atoms with van der Waals surface area (Å²) in [6.45, 7) is 6.98. The number of piperidine rings is 1. The SMILES string of the molecule is Cc1c(C(=O)N2CCC(C)CC2)c(S(=O)(=O)Nc2ccc(Cl)cc2)c(C)n1C. The van der Waals surface area contributed by atoms with Gasteiger partial charge in [0.1, 0.15) is 4.90 Å². The number of nitrogens with zero attached hydrogens (tertiary/aromatic N) is 2. The molecule has 0 spiro atoms. The van der Waals surface area contributed by atoms with Crippen molar-refractivity contribution in [1.82, 2.24) is 9.47 Å². The average Bonchev–Trinajstić information content (AvgIpc) is 2.88. The lowest BCUT2D eigenvalue weighted by Gasteiger charge is -2.30. The van der Waals surface area contributed by atoms with E-state index in [0.717, 1.165) is 12.8 Å². The standard InChI is InChI=1S/C20H26ClN3O3S/c1-13-9-11-24(12-10-13)20(25)18-14(2)23(4)15(3)19(18)28(26,27)22-17-7-5-16(21)6-8-17/h5-8,13,22H,9-12H2,1-4H3. The molecule has 1 aromatic heterocycles. The van der Waals surface area contributed by atoms with Crippen LogP contribution < -0.4 is 4.72 Å². The number of halogens is 1. The molecule has 152 valence electrons. The number of nitrogens with one attached hydrogen (secondary N) is 1. The van der Waals surface area contributed by atoms with Crippen molar-refractivity contribution in [2.45, 2.75) is 38.5 Å². The molecule has 1 fully saturated rings. The first-order valence-electron chi connectivity index (χ1n) is 9.35. The fourth-order valence-electron chi connectivity index (χ4n) is 3.59. The summed E-state index contributed by atoms with van der Waals surface area (Å²) in [6, 6.07) is 6.42. The Kier molecular flexibility index (Phi) is 5.77. The van der Waals surface area contributed by atoms with E-state index in [1.165, 1.54) is 0 Å². The zero-order valence-corrected chi connectivity index (χ0v) is 18.2. The molecule has 8 heteroatoms. The number of carbonyl (C=O) groups excluding carboxylic acids is 1. The van der Waals surface area contributed by atoms with Gasteiger partial charge in [0.25, 0.3) is 15.9 Å². The summed E-state index contributed by atoms with van der Waals surface area (Å²) < 4.78 is 30.7. The van der Waals surface area contributed by atoms with Gasteiger partial charge in [-0.1, -0.05) is 18.5 Å². The maximum Gasteiger partial charge on any atom is 0.264 e. The molecule has 1 amide bonds. The monoisotopic (exact) mass is 423 g/mol. The molecule has 28 heavy (non-hydrogen) atoms. The molecule has 1 aromatic carbocycles. The largest absolute Gasteiger partial charge is 0.350 e. The van der Waals surface area contributed by atoms with Crippen LogP contribution in [0.25, 0.3) is 0 Å². The van der Waals surface area contributed by atoms with Crippen molar-refractivity contribution in [3.05, 3.63) is 46.2 Å². The van der Waals surface area contributed by atoms with Crippen molar-refractivity contribution in [1.29, 1.82) is 0 Å². The van der Waals surface area contributed by atoms with Crippen LogP contribution in [0, 0.1) is 19.8 Å². The van der Waals surface area contributed by atoms with Crippen LogP contribution in [0.1, 0.15) is 41.5 Å². The highest BCUT2D eigenvalue weighted by Crippen LogP contribution is 2.30. The molecule has 0 atom stereocenters. The predicted molar refractivity (Wildman–Crippen MR) is 111 cm³/mol. The van der Waals surface area contributed by atoms with Crippen molar-refractivity contribution in [2.75, 3.05) is 17.8 Å². The summed E-state index contributed by atoms with van der Waals surface area (Å²) in [5.41, 5.74) is 1.84. The first kappa shape index (κ1) is 20.7. The molecular weight excluding hydrogens is 398 g/mol. The number of rotatable bonds is 4. The molecule has 1 aliphatic rings. The second-order valence-corrected chi connectivity index (χ2v) is 9.58. The number of hydrogen-bond acceptors (Lipinski definition) is 3. The molecule has 2 heterocycles. The first-order valence-corrected chi connectivity index (χ1v) is 11.2. The van der Waals surface area contributed by atoms with Crippen molar-refractivity contribution < 1.29 is 13.2 Å². The van der Waals surface area contributed by atoms with E-state index in [9.17, 15) is 13.2 Å². The van der Waals surface area contributed by atoms with Gasteiger partial charge in [0.05, 0.1) is 5.56 Å². The molecule has 0 unspecified atom stereocenters. The number of likely N-dealkylation sites (tertiary alicyclic amines) is 1. The van der Waals surface area contributed by atoms with Crippen molar-refractivity contribution >= 4 is 33.2 Å². The molecule has 1 aliphatic heterocycles. The number of hydrogen-bond donors (Lipinski definition) is 1. The number of anilines is 1. The van der Waals surface area contributed by atoms with Crippen molar-refractivity contribution in [3.8, 4) is 0 Å². The van der Waals surface area contributed by atoms with Gasteiger partial charge in [-0.15, -0.1) is 0 Å². The fourth-order valence-corrected chi connectivity index (χ4v) is 5.30. The number of benzene rings is 1. The zero-order chi connectivity index (χ0) is 20.6. The first-order chi connectivity index (χ1) is 13.1. The third-order valence-electron chi connectivity index (χ3n) is 5.57. The molecule has 0 aliphatic carbocycles. The number of aromatic nitrogens is 1. The van der Waals surface area contributed by atoms with Crippen molar-refractivity contribution in [2.24, 2.45) is 13.0 Å². The molecular formula is C20H26ClN3O3S. The maximum absolute atomic E-state index is 13.3. The Hall–Kier alpha value is -1.99. The Bertz CT molecular complexity index is 989. The minimum atomic E-state index is -3.95. The molecule has 3 rings (SSSR count). The zero-order valence-electron chi connectivity index (χ0n) is 16.6. The van der Waals surface area contributed by atoms with Gasteiger partial charge in [-0.2, -0.15) is 0 Å². The van der Waals surface area contributed by atoms with Crippen LogP contribution in [0.3, 0.4) is 0 Å². The Labute approximate surface area is 171 Å². The highest BCUT2D eigenvalue weighted by Gasteiger charge is 2.33. The average molecular weight is 424 g/mol. The Balaban J connectivity index is 2.02. The van der Waals surface area contributed by atoms with E-state index >= 15 is 0 Å². The second kappa shape index (κ2) is 7.79. The highest BCUT2D eigenvalue weighted by atomic mass is 35.5. The lowest BCUT2D eigenvalue weighted by atomic mass is 9.98. The third-order valence-corrected chi connectivity index (χ3v) is 7.37. The van der Waals surface area contributed by atoms with Crippen LogP contribution in [-0.4, -0.2) is 36.9 Å². The number of amides is 1. The normalized spacial score (nSPS) is 15.7. The summed E-state index contributed by atoms with van der Waals surface area (Å²) in [7, 11) is -2.17. The van der Waals surface area contributed by atoms with Crippen LogP contribution in [-0.2, 0) is 17.1 Å². The molecule has 0 bridgehead atoms. The van der Waals surface area contributed by atoms with E-state index in [0.29, 0.717) is 41.1 Å². The minimum absolute atomic E-state index is 0.0473. The highest BCUT2D eigenvalue weighted by molar-refractivity contribution is 7.92. The van der Waals surface area contributed by atoms with Crippen LogP contribution in [0.2, 0.25) is 5.02 Å². The van der Waals surface area contributed by atoms with Gasteiger partial charge in [0.2, 0.25) is 0 Å². The van der Waals surface area contributed by atoms with E-state index in [4.69, 9.17) is 11.6 Å². The Morgan fingerprint density at radius 3 is 2.25 bits per heavy atom. The van der Waals surface area contributed by atoms with Gasteiger partial charge in [-0.05, 0) is 56.9 Å². The molecule has 0 saturated carbocycles. The number of carbonyl (C=O) groups is 1. The lowest BCUT2D eigenvalue weighted by Crippen LogP contribution is -2.38. The maximum atomic E-state index is 13.3. The second-order valence-electron chi connectivity index (χ2n) is 7.52. The predicted octanol–water partition coefficient (Wildman–Crippen LogP) is 3.97. The molecule has 6 nitrogen and oxygen atoms in total. The summed E-state index contributed by atoms with van der Waals surface area (Å²) in [4.78, 5) is 15.1. The minimum Gasteiger partial charge on any atom is -0.350 e. The summed E-state index contributed by atoms with van der Waals surface area (Å²) in [5, 5.41) is 0.518. The quantitative estimate of drug-likeness (QED) is 0.808. The van der Waals surface area contributed by atoms with E-state index < -0.39 is 10.0 Å². The fraction of sp³-hybridized carbons (Fsp3) is 0.450. The van der Waals surface area contributed by atoms with Crippen LogP contribution in [0.5, 0.6) is 0 Å².